The van der Waals surface area contributed by atoms with Crippen LogP contribution >= 0.6 is 0 Å². The summed E-state index contributed by atoms with van der Waals surface area (Å²) < 4.78 is 0. The molecule has 2 atom stereocenters. The molecular weight excluding hydrogens is 362 g/mol. The lowest BCUT2D eigenvalue weighted by Gasteiger charge is -2.36. The maximum atomic E-state index is 13.2. The average Bonchev–Trinajstić information content (AvgIpc) is 2.77. The van der Waals surface area contributed by atoms with Crippen LogP contribution in [0.4, 0.5) is 0 Å². The number of rotatable bonds is 6. The van der Waals surface area contributed by atoms with Crippen LogP contribution < -0.4 is 5.32 Å². The lowest BCUT2D eigenvalue weighted by atomic mass is 9.88. The molecule has 1 fully saturated rings. The van der Waals surface area contributed by atoms with E-state index in [0.29, 0.717) is 11.5 Å². The molecule has 1 aliphatic rings. The van der Waals surface area contributed by atoms with Crippen LogP contribution in [0.1, 0.15) is 60.5 Å². The largest absolute Gasteiger partial charge is 0.341 e. The van der Waals surface area contributed by atoms with Gasteiger partial charge in [-0.2, -0.15) is 0 Å². The summed E-state index contributed by atoms with van der Waals surface area (Å²) in [6.07, 6.45) is 5.90. The second kappa shape index (κ2) is 9.68. The normalized spacial score (nSPS) is 16.9. The van der Waals surface area contributed by atoms with Gasteiger partial charge in [0, 0.05) is 25.5 Å². The number of amides is 2. The average molecular weight is 394 g/mol. The molecule has 0 spiro atoms. The van der Waals surface area contributed by atoms with Crippen LogP contribution in [0, 0.1) is 12.8 Å². The Hall–Kier alpha value is -2.69. The summed E-state index contributed by atoms with van der Waals surface area (Å²) in [4.78, 5) is 31.8. The lowest BCUT2D eigenvalue weighted by molar-refractivity contribution is -0.135. The molecule has 1 aromatic carbocycles. The van der Waals surface area contributed by atoms with E-state index in [-0.39, 0.29) is 17.7 Å². The molecule has 2 amide bonds. The molecule has 2 heterocycles. The van der Waals surface area contributed by atoms with E-state index in [1.807, 2.05) is 18.7 Å². The summed E-state index contributed by atoms with van der Waals surface area (Å²) in [5.74, 6) is 0.342. The van der Waals surface area contributed by atoms with Crippen molar-refractivity contribution in [1.29, 1.82) is 0 Å². The number of hydrogen-bond donors (Lipinski definition) is 1. The van der Waals surface area contributed by atoms with E-state index in [1.165, 1.54) is 17.3 Å². The van der Waals surface area contributed by atoms with Gasteiger partial charge < -0.3 is 10.2 Å². The third-order valence-corrected chi connectivity index (χ3v) is 6.04. The molecule has 1 saturated heterocycles. The zero-order valence-electron chi connectivity index (χ0n) is 17.6. The van der Waals surface area contributed by atoms with Crippen molar-refractivity contribution >= 4 is 11.8 Å². The van der Waals surface area contributed by atoms with Crippen molar-refractivity contribution in [2.24, 2.45) is 5.92 Å². The van der Waals surface area contributed by atoms with Gasteiger partial charge in [0.1, 0.15) is 6.04 Å². The minimum Gasteiger partial charge on any atom is -0.341 e. The minimum atomic E-state index is -0.511. The van der Waals surface area contributed by atoms with E-state index in [9.17, 15) is 9.59 Å². The number of carbonyl (C=O) groups excluding carboxylic acids is 2. The standard InChI is InChI=1S/C24H31N3O2/c1-4-18(3)22(26-23(28)21-6-5-13-25-16-21)24(29)27-14-11-20(12-15-27)19-9-7-17(2)8-10-19/h5-10,13,16,18,20,22H,4,11-12,14-15H2,1-3H3,(H,26,28)/t18-,22+/m0/s1. The second-order valence-electron chi connectivity index (χ2n) is 8.09. The topological polar surface area (TPSA) is 62.3 Å². The molecule has 3 rings (SSSR count). The third-order valence-electron chi connectivity index (χ3n) is 6.04. The van der Waals surface area contributed by atoms with Crippen molar-refractivity contribution in [2.75, 3.05) is 13.1 Å². The van der Waals surface area contributed by atoms with Gasteiger partial charge >= 0.3 is 0 Å². The van der Waals surface area contributed by atoms with Crippen LogP contribution in [0.15, 0.2) is 48.8 Å². The molecule has 5 nitrogen and oxygen atoms in total. The molecule has 0 saturated carbocycles. The van der Waals surface area contributed by atoms with Gasteiger partial charge in [-0.1, -0.05) is 50.1 Å². The monoisotopic (exact) mass is 393 g/mol. The second-order valence-corrected chi connectivity index (χ2v) is 8.09. The van der Waals surface area contributed by atoms with Crippen molar-refractivity contribution in [3.8, 4) is 0 Å². The molecule has 2 aromatic rings. The first-order valence-electron chi connectivity index (χ1n) is 10.6. The molecule has 0 radical (unpaired) electrons. The predicted molar refractivity (Wildman–Crippen MR) is 115 cm³/mol. The number of carbonyl (C=O) groups is 2. The Morgan fingerprint density at radius 2 is 1.86 bits per heavy atom. The Balaban J connectivity index is 1.64. The third kappa shape index (κ3) is 5.22. The van der Waals surface area contributed by atoms with Crippen LogP contribution in [0.2, 0.25) is 0 Å². The van der Waals surface area contributed by atoms with Crippen LogP contribution in [-0.2, 0) is 4.79 Å². The van der Waals surface area contributed by atoms with Gasteiger partial charge in [0.25, 0.3) is 5.91 Å². The number of nitrogens with one attached hydrogen (secondary N) is 1. The molecule has 0 bridgehead atoms. The van der Waals surface area contributed by atoms with E-state index in [1.54, 1.807) is 18.3 Å². The first kappa shape index (κ1) is 21.0. The zero-order chi connectivity index (χ0) is 20.8. The predicted octanol–water partition coefficient (Wildman–Crippen LogP) is 3.94. The summed E-state index contributed by atoms with van der Waals surface area (Å²) in [6, 6.07) is 11.6. The number of hydrogen-bond acceptors (Lipinski definition) is 3. The van der Waals surface area contributed by atoms with Crippen molar-refractivity contribution < 1.29 is 9.59 Å². The van der Waals surface area contributed by atoms with Crippen LogP contribution in [-0.4, -0.2) is 40.8 Å². The maximum Gasteiger partial charge on any atom is 0.253 e. The van der Waals surface area contributed by atoms with E-state index in [4.69, 9.17) is 0 Å². The van der Waals surface area contributed by atoms with Crippen LogP contribution in [0.5, 0.6) is 0 Å². The van der Waals surface area contributed by atoms with Crippen LogP contribution in [0.3, 0.4) is 0 Å². The SMILES string of the molecule is CC[C@H](C)[C@@H](NC(=O)c1cccnc1)C(=O)N1CCC(c2ccc(C)cc2)CC1. The Bertz CT molecular complexity index is 812. The highest BCUT2D eigenvalue weighted by Gasteiger charge is 2.32. The summed E-state index contributed by atoms with van der Waals surface area (Å²) in [7, 11) is 0. The van der Waals surface area contributed by atoms with Gasteiger partial charge in [-0.05, 0) is 49.3 Å². The van der Waals surface area contributed by atoms with Gasteiger partial charge in [-0.3, -0.25) is 14.6 Å². The number of pyridine rings is 1. The molecule has 0 aliphatic carbocycles. The van der Waals surface area contributed by atoms with E-state index < -0.39 is 6.04 Å². The van der Waals surface area contributed by atoms with Crippen molar-refractivity contribution in [3.05, 3.63) is 65.5 Å². The van der Waals surface area contributed by atoms with E-state index in [2.05, 4.69) is 41.5 Å². The number of benzene rings is 1. The molecule has 1 aromatic heterocycles. The van der Waals surface area contributed by atoms with E-state index >= 15 is 0 Å². The van der Waals surface area contributed by atoms with Gasteiger partial charge in [-0.25, -0.2) is 0 Å². The van der Waals surface area contributed by atoms with Gasteiger partial charge in [0.2, 0.25) is 5.91 Å². The summed E-state index contributed by atoms with van der Waals surface area (Å²) in [5.41, 5.74) is 3.10. The molecule has 154 valence electrons. The number of piperidine rings is 1. The number of nitrogens with zero attached hydrogens (tertiary/aromatic N) is 2. The van der Waals surface area contributed by atoms with Crippen LogP contribution in [0.25, 0.3) is 0 Å². The molecule has 5 heteroatoms. The van der Waals surface area contributed by atoms with Crippen molar-refractivity contribution in [3.63, 3.8) is 0 Å². The maximum absolute atomic E-state index is 13.2. The number of aryl methyl sites for hydroxylation is 1. The smallest absolute Gasteiger partial charge is 0.253 e. The Morgan fingerprint density at radius 3 is 2.45 bits per heavy atom. The molecule has 29 heavy (non-hydrogen) atoms. The Labute approximate surface area is 173 Å². The minimum absolute atomic E-state index is 0.0268. The molecular formula is C24H31N3O2. The molecule has 1 N–H and O–H groups in total. The Kier molecular flexibility index (Phi) is 7.02. The van der Waals surface area contributed by atoms with Gasteiger partial charge in [0.05, 0.1) is 5.56 Å². The number of likely N-dealkylation sites (tertiary alicyclic amines) is 1. The quantitative estimate of drug-likeness (QED) is 0.809. The fourth-order valence-electron chi connectivity index (χ4n) is 3.87. The number of aromatic nitrogens is 1. The first-order valence-corrected chi connectivity index (χ1v) is 10.6. The first-order chi connectivity index (χ1) is 14.0. The Morgan fingerprint density at radius 1 is 1.17 bits per heavy atom. The lowest BCUT2D eigenvalue weighted by Crippen LogP contribution is -2.53. The zero-order valence-corrected chi connectivity index (χ0v) is 17.6. The molecule has 0 unspecified atom stereocenters. The highest BCUT2D eigenvalue weighted by Crippen LogP contribution is 2.29. The van der Waals surface area contributed by atoms with Crippen molar-refractivity contribution in [2.45, 2.75) is 52.0 Å². The summed E-state index contributed by atoms with van der Waals surface area (Å²) >= 11 is 0. The van der Waals surface area contributed by atoms with Gasteiger partial charge in [-0.15, -0.1) is 0 Å². The fourth-order valence-corrected chi connectivity index (χ4v) is 3.87. The molecule has 1 aliphatic heterocycles. The summed E-state index contributed by atoms with van der Waals surface area (Å²) in [5, 5.41) is 2.96. The van der Waals surface area contributed by atoms with Gasteiger partial charge in [0.15, 0.2) is 0 Å². The summed E-state index contributed by atoms with van der Waals surface area (Å²) in [6.45, 7) is 7.62. The highest BCUT2D eigenvalue weighted by atomic mass is 16.2. The van der Waals surface area contributed by atoms with Crippen molar-refractivity contribution in [1.82, 2.24) is 15.2 Å². The highest BCUT2D eigenvalue weighted by molar-refractivity contribution is 5.97. The van der Waals surface area contributed by atoms with E-state index in [0.717, 1.165) is 32.4 Å². The fraction of sp³-hybridized carbons (Fsp3) is 0.458.